The van der Waals surface area contributed by atoms with E-state index < -0.39 is 0 Å². The molecule has 1 aliphatic rings. The van der Waals surface area contributed by atoms with Crippen molar-refractivity contribution in [2.24, 2.45) is 0 Å². The molecule has 4 heteroatoms. The van der Waals surface area contributed by atoms with Crippen molar-refractivity contribution in [2.45, 2.75) is 6.54 Å². The highest BCUT2D eigenvalue weighted by Crippen LogP contribution is 2.26. The van der Waals surface area contributed by atoms with Gasteiger partial charge in [0.2, 0.25) is 0 Å². The zero-order valence-corrected chi connectivity index (χ0v) is 14.2. The molecule has 0 saturated carbocycles. The van der Waals surface area contributed by atoms with Gasteiger partial charge in [0.1, 0.15) is 0 Å². The molecule has 0 unspecified atom stereocenters. The maximum atomic E-state index is 5.83. The summed E-state index contributed by atoms with van der Waals surface area (Å²) >= 11 is 2.38. The van der Waals surface area contributed by atoms with Crippen LogP contribution in [0.4, 0.5) is 11.4 Å². The SMILES string of the molecule is Nc1ccc(N2CCN(Cc3ccccc3)CC2)c(I)c1. The maximum Gasteiger partial charge on any atom is 0.0504 e. The first-order valence-corrected chi connectivity index (χ1v) is 8.36. The minimum Gasteiger partial charge on any atom is -0.399 e. The van der Waals surface area contributed by atoms with E-state index in [0.29, 0.717) is 0 Å². The molecule has 1 fully saturated rings. The molecule has 2 aromatic carbocycles. The fraction of sp³-hybridized carbons (Fsp3) is 0.294. The molecule has 0 spiro atoms. The van der Waals surface area contributed by atoms with Gasteiger partial charge in [-0.15, -0.1) is 0 Å². The zero-order chi connectivity index (χ0) is 14.7. The molecule has 110 valence electrons. The highest BCUT2D eigenvalue weighted by atomic mass is 127. The highest BCUT2D eigenvalue weighted by molar-refractivity contribution is 14.1. The maximum absolute atomic E-state index is 5.83. The zero-order valence-electron chi connectivity index (χ0n) is 12.0. The van der Waals surface area contributed by atoms with E-state index in [1.54, 1.807) is 0 Å². The summed E-state index contributed by atoms with van der Waals surface area (Å²) < 4.78 is 1.24. The van der Waals surface area contributed by atoms with Crippen LogP contribution in [-0.2, 0) is 6.54 Å². The lowest BCUT2D eigenvalue weighted by molar-refractivity contribution is 0.250. The van der Waals surface area contributed by atoms with Crippen LogP contribution in [0.2, 0.25) is 0 Å². The second-order valence-corrected chi connectivity index (χ2v) is 6.62. The summed E-state index contributed by atoms with van der Waals surface area (Å²) in [6.07, 6.45) is 0. The molecule has 0 radical (unpaired) electrons. The molecule has 3 rings (SSSR count). The molecule has 0 bridgehead atoms. The Hall–Kier alpha value is -1.27. The van der Waals surface area contributed by atoms with Crippen molar-refractivity contribution in [3.8, 4) is 0 Å². The second-order valence-electron chi connectivity index (χ2n) is 5.46. The number of piperazine rings is 1. The van der Waals surface area contributed by atoms with E-state index >= 15 is 0 Å². The molecule has 0 atom stereocenters. The molecule has 0 aromatic heterocycles. The Balaban J connectivity index is 1.60. The fourth-order valence-corrected chi connectivity index (χ4v) is 3.65. The quantitative estimate of drug-likeness (QED) is 0.642. The number of hydrogen-bond donors (Lipinski definition) is 1. The number of halogens is 1. The monoisotopic (exact) mass is 393 g/mol. The number of rotatable bonds is 3. The Morgan fingerprint density at radius 3 is 2.33 bits per heavy atom. The first kappa shape index (κ1) is 14.7. The standard InChI is InChI=1S/C17H20IN3/c18-16-12-15(19)6-7-17(16)21-10-8-20(9-11-21)13-14-4-2-1-3-5-14/h1-7,12H,8-11,13,19H2. The third-order valence-electron chi connectivity index (χ3n) is 3.93. The van der Waals surface area contributed by atoms with E-state index in [4.69, 9.17) is 5.73 Å². The van der Waals surface area contributed by atoms with Crippen molar-refractivity contribution in [1.82, 2.24) is 4.90 Å². The summed E-state index contributed by atoms with van der Waals surface area (Å²) in [5.74, 6) is 0. The Morgan fingerprint density at radius 1 is 0.952 bits per heavy atom. The van der Waals surface area contributed by atoms with Crippen LogP contribution in [0.1, 0.15) is 5.56 Å². The third kappa shape index (κ3) is 3.68. The topological polar surface area (TPSA) is 32.5 Å². The largest absolute Gasteiger partial charge is 0.399 e. The predicted octanol–water partition coefficient (Wildman–Crippen LogP) is 3.20. The minimum atomic E-state index is 0.839. The van der Waals surface area contributed by atoms with E-state index in [-0.39, 0.29) is 0 Å². The van der Waals surface area contributed by atoms with Gasteiger partial charge < -0.3 is 10.6 Å². The molecule has 0 aliphatic carbocycles. The van der Waals surface area contributed by atoms with Gasteiger partial charge in [-0.2, -0.15) is 0 Å². The van der Waals surface area contributed by atoms with Crippen LogP contribution in [0.25, 0.3) is 0 Å². The Kier molecular flexibility index (Phi) is 4.65. The van der Waals surface area contributed by atoms with Crippen LogP contribution in [0.5, 0.6) is 0 Å². The normalized spacial score (nSPS) is 16.1. The van der Waals surface area contributed by atoms with Gasteiger partial charge in [-0.3, -0.25) is 4.90 Å². The van der Waals surface area contributed by atoms with Crippen LogP contribution in [0.3, 0.4) is 0 Å². The van der Waals surface area contributed by atoms with E-state index in [0.717, 1.165) is 38.4 Å². The Labute approximate surface area is 139 Å². The number of nitrogen functional groups attached to an aromatic ring is 1. The molecule has 2 N–H and O–H groups in total. The average Bonchev–Trinajstić information content (AvgIpc) is 2.49. The number of nitrogens with zero attached hydrogens (tertiary/aromatic N) is 2. The van der Waals surface area contributed by atoms with E-state index in [1.807, 2.05) is 12.1 Å². The van der Waals surface area contributed by atoms with Crippen molar-refractivity contribution in [1.29, 1.82) is 0 Å². The lowest BCUT2D eigenvalue weighted by Crippen LogP contribution is -2.46. The first-order chi connectivity index (χ1) is 10.2. The van der Waals surface area contributed by atoms with Gasteiger partial charge in [0, 0.05) is 42.0 Å². The van der Waals surface area contributed by atoms with Gasteiger partial charge in [0.15, 0.2) is 0 Å². The summed E-state index contributed by atoms with van der Waals surface area (Å²) in [6, 6.07) is 16.9. The van der Waals surface area contributed by atoms with Crippen molar-refractivity contribution in [3.63, 3.8) is 0 Å². The van der Waals surface area contributed by atoms with Crippen molar-refractivity contribution in [2.75, 3.05) is 36.8 Å². The van der Waals surface area contributed by atoms with Crippen LogP contribution in [0, 0.1) is 3.57 Å². The molecule has 2 aromatic rings. The number of benzene rings is 2. The summed E-state index contributed by atoms with van der Waals surface area (Å²) in [4.78, 5) is 4.98. The molecule has 1 aliphatic heterocycles. The van der Waals surface area contributed by atoms with Crippen LogP contribution < -0.4 is 10.6 Å². The highest BCUT2D eigenvalue weighted by Gasteiger charge is 2.18. The molecular weight excluding hydrogens is 373 g/mol. The number of hydrogen-bond acceptors (Lipinski definition) is 3. The molecule has 3 nitrogen and oxygen atoms in total. The smallest absolute Gasteiger partial charge is 0.0504 e. The van der Waals surface area contributed by atoms with Gasteiger partial charge in [0.25, 0.3) is 0 Å². The van der Waals surface area contributed by atoms with Crippen molar-refractivity contribution < 1.29 is 0 Å². The molecule has 21 heavy (non-hydrogen) atoms. The average molecular weight is 393 g/mol. The molecule has 0 amide bonds. The van der Waals surface area contributed by atoms with Crippen LogP contribution in [0.15, 0.2) is 48.5 Å². The number of anilines is 2. The minimum absolute atomic E-state index is 0.839. The fourth-order valence-electron chi connectivity index (χ4n) is 2.77. The molecule has 1 heterocycles. The van der Waals surface area contributed by atoms with Gasteiger partial charge in [-0.05, 0) is 46.4 Å². The first-order valence-electron chi connectivity index (χ1n) is 7.28. The summed E-state index contributed by atoms with van der Waals surface area (Å²) in [5, 5.41) is 0. The van der Waals surface area contributed by atoms with Gasteiger partial charge in [-0.1, -0.05) is 30.3 Å². The van der Waals surface area contributed by atoms with Crippen LogP contribution in [-0.4, -0.2) is 31.1 Å². The Morgan fingerprint density at radius 2 is 1.67 bits per heavy atom. The predicted molar refractivity (Wildman–Crippen MR) is 97.5 cm³/mol. The lowest BCUT2D eigenvalue weighted by Gasteiger charge is -2.36. The summed E-state index contributed by atoms with van der Waals surface area (Å²) in [7, 11) is 0. The van der Waals surface area contributed by atoms with E-state index in [1.165, 1.54) is 14.8 Å². The second kappa shape index (κ2) is 6.66. The van der Waals surface area contributed by atoms with Crippen molar-refractivity contribution >= 4 is 34.0 Å². The van der Waals surface area contributed by atoms with Gasteiger partial charge in [0.05, 0.1) is 5.69 Å². The lowest BCUT2D eigenvalue weighted by atomic mass is 10.2. The van der Waals surface area contributed by atoms with Crippen LogP contribution >= 0.6 is 22.6 Å². The molecule has 1 saturated heterocycles. The Bertz CT molecular complexity index is 592. The van der Waals surface area contributed by atoms with E-state index in [9.17, 15) is 0 Å². The van der Waals surface area contributed by atoms with E-state index in [2.05, 4.69) is 68.8 Å². The van der Waals surface area contributed by atoms with Crippen molar-refractivity contribution in [3.05, 3.63) is 57.7 Å². The van der Waals surface area contributed by atoms with Gasteiger partial charge in [-0.25, -0.2) is 0 Å². The molecular formula is C17H20IN3. The summed E-state index contributed by atoms with van der Waals surface area (Å²) in [5.41, 5.74) is 9.38. The third-order valence-corrected chi connectivity index (χ3v) is 4.80. The number of nitrogens with two attached hydrogens (primary N) is 1. The van der Waals surface area contributed by atoms with Gasteiger partial charge >= 0.3 is 0 Å². The summed E-state index contributed by atoms with van der Waals surface area (Å²) in [6.45, 7) is 5.41.